The lowest BCUT2D eigenvalue weighted by atomic mass is 9.96. The average Bonchev–Trinajstić information content (AvgIpc) is 2.28. The van der Waals surface area contributed by atoms with Gasteiger partial charge in [0.1, 0.15) is 0 Å². The minimum Gasteiger partial charge on any atom is -0.359 e. The topological polar surface area (TPSA) is 58.4 Å². The third kappa shape index (κ3) is 4.18. The van der Waals surface area contributed by atoms with Gasteiger partial charge in [-0.05, 0) is 19.9 Å². The molecule has 0 rings (SSSR count). The molecule has 0 spiro atoms. The number of nitrogens with zero attached hydrogens (tertiary/aromatic N) is 1. The van der Waals surface area contributed by atoms with Gasteiger partial charge >= 0.3 is 0 Å². The standard InChI is InChI=1S/C11H25N3O/c1-5-11(3,9-12)14(6-2)8-7-10(15)13-4/h5-9,12H2,1-4H3,(H,13,15). The van der Waals surface area contributed by atoms with Gasteiger partial charge in [0.2, 0.25) is 5.91 Å². The van der Waals surface area contributed by atoms with Crippen molar-refractivity contribution in [1.29, 1.82) is 0 Å². The van der Waals surface area contributed by atoms with Gasteiger partial charge < -0.3 is 11.1 Å². The Morgan fingerprint density at radius 1 is 1.47 bits per heavy atom. The summed E-state index contributed by atoms with van der Waals surface area (Å²) in [6.45, 7) is 8.73. The first-order valence-electron chi connectivity index (χ1n) is 5.69. The third-order valence-electron chi connectivity index (χ3n) is 3.23. The van der Waals surface area contributed by atoms with Crippen molar-refractivity contribution in [3.63, 3.8) is 0 Å². The first-order chi connectivity index (χ1) is 7.03. The molecule has 0 bridgehead atoms. The molecule has 0 radical (unpaired) electrons. The maximum Gasteiger partial charge on any atom is 0.221 e. The van der Waals surface area contributed by atoms with Crippen LogP contribution in [0.25, 0.3) is 0 Å². The highest BCUT2D eigenvalue weighted by molar-refractivity contribution is 5.75. The van der Waals surface area contributed by atoms with Crippen molar-refractivity contribution >= 4 is 5.91 Å². The number of likely N-dealkylation sites (N-methyl/N-ethyl adjacent to an activating group) is 1. The van der Waals surface area contributed by atoms with Crippen LogP contribution in [0.5, 0.6) is 0 Å². The van der Waals surface area contributed by atoms with E-state index in [-0.39, 0.29) is 11.4 Å². The highest BCUT2D eigenvalue weighted by Crippen LogP contribution is 2.17. The number of carbonyl (C=O) groups excluding carboxylic acids is 1. The summed E-state index contributed by atoms with van der Waals surface area (Å²) < 4.78 is 0. The number of hydrogen-bond donors (Lipinski definition) is 2. The molecule has 0 saturated carbocycles. The van der Waals surface area contributed by atoms with Gasteiger partial charge in [0.15, 0.2) is 0 Å². The molecule has 4 nitrogen and oxygen atoms in total. The predicted octanol–water partition coefficient (Wildman–Crippen LogP) is 0.572. The van der Waals surface area contributed by atoms with E-state index in [1.54, 1.807) is 7.05 Å². The van der Waals surface area contributed by atoms with Crippen LogP contribution >= 0.6 is 0 Å². The van der Waals surface area contributed by atoms with Gasteiger partial charge in [0.25, 0.3) is 0 Å². The second kappa shape index (κ2) is 6.80. The van der Waals surface area contributed by atoms with E-state index in [4.69, 9.17) is 5.73 Å². The average molecular weight is 215 g/mol. The highest BCUT2D eigenvalue weighted by Gasteiger charge is 2.27. The maximum atomic E-state index is 11.2. The number of amides is 1. The van der Waals surface area contributed by atoms with E-state index < -0.39 is 0 Å². The zero-order valence-corrected chi connectivity index (χ0v) is 10.5. The van der Waals surface area contributed by atoms with Crippen LogP contribution in [0.3, 0.4) is 0 Å². The molecule has 1 amide bonds. The lowest BCUT2D eigenvalue weighted by Gasteiger charge is -2.39. The lowest BCUT2D eigenvalue weighted by Crippen LogP contribution is -2.52. The van der Waals surface area contributed by atoms with E-state index in [1.807, 2.05) is 0 Å². The zero-order valence-electron chi connectivity index (χ0n) is 10.5. The van der Waals surface area contributed by atoms with Gasteiger partial charge in [0.05, 0.1) is 0 Å². The Hall–Kier alpha value is -0.610. The second-order valence-corrected chi connectivity index (χ2v) is 4.06. The van der Waals surface area contributed by atoms with Crippen LogP contribution in [0, 0.1) is 0 Å². The minimum atomic E-state index is 0.0166. The van der Waals surface area contributed by atoms with Gasteiger partial charge in [-0.3, -0.25) is 9.69 Å². The molecule has 0 aromatic heterocycles. The minimum absolute atomic E-state index is 0.0166. The lowest BCUT2D eigenvalue weighted by molar-refractivity contribution is -0.121. The van der Waals surface area contributed by atoms with Crippen LogP contribution in [-0.4, -0.2) is 43.0 Å². The van der Waals surface area contributed by atoms with Crippen molar-refractivity contribution in [3.05, 3.63) is 0 Å². The molecule has 0 aliphatic rings. The number of hydrogen-bond acceptors (Lipinski definition) is 3. The SMILES string of the molecule is CCN(CCC(=O)NC)C(C)(CC)CN. The number of nitrogens with one attached hydrogen (secondary N) is 1. The Morgan fingerprint density at radius 2 is 2.07 bits per heavy atom. The molecule has 0 aromatic carbocycles. The van der Waals surface area contributed by atoms with Crippen LogP contribution in [0.15, 0.2) is 0 Å². The molecule has 0 fully saturated rings. The molecule has 0 saturated heterocycles. The summed E-state index contributed by atoms with van der Waals surface area (Å²) in [5, 5.41) is 2.64. The van der Waals surface area contributed by atoms with Gasteiger partial charge in [-0.1, -0.05) is 13.8 Å². The van der Waals surface area contributed by atoms with Crippen molar-refractivity contribution < 1.29 is 4.79 Å². The van der Waals surface area contributed by atoms with Crippen LogP contribution in [0.1, 0.15) is 33.6 Å². The summed E-state index contributed by atoms with van der Waals surface area (Å²) in [6, 6.07) is 0. The van der Waals surface area contributed by atoms with Crippen molar-refractivity contribution in [1.82, 2.24) is 10.2 Å². The van der Waals surface area contributed by atoms with Gasteiger partial charge in [0, 0.05) is 32.1 Å². The molecular formula is C11H25N3O. The summed E-state index contributed by atoms with van der Waals surface area (Å²) in [6.07, 6.45) is 1.55. The quantitative estimate of drug-likeness (QED) is 0.653. The second-order valence-electron chi connectivity index (χ2n) is 4.06. The molecule has 4 heteroatoms. The molecule has 3 N–H and O–H groups in total. The van der Waals surface area contributed by atoms with E-state index in [0.717, 1.165) is 19.5 Å². The fourth-order valence-corrected chi connectivity index (χ4v) is 1.67. The van der Waals surface area contributed by atoms with Crippen molar-refractivity contribution in [2.75, 3.05) is 26.7 Å². The first kappa shape index (κ1) is 14.4. The molecule has 0 heterocycles. The van der Waals surface area contributed by atoms with E-state index in [2.05, 4.69) is 31.0 Å². The molecule has 1 unspecified atom stereocenters. The maximum absolute atomic E-state index is 11.2. The smallest absolute Gasteiger partial charge is 0.221 e. The molecule has 15 heavy (non-hydrogen) atoms. The Kier molecular flexibility index (Phi) is 6.52. The Labute approximate surface area is 93.2 Å². The summed E-state index contributed by atoms with van der Waals surface area (Å²) in [5.41, 5.74) is 5.81. The molecular weight excluding hydrogens is 190 g/mol. The molecule has 1 atom stereocenters. The zero-order chi connectivity index (χ0) is 11.9. The molecule has 90 valence electrons. The van der Waals surface area contributed by atoms with E-state index >= 15 is 0 Å². The van der Waals surface area contributed by atoms with Gasteiger partial charge in [-0.25, -0.2) is 0 Å². The summed E-state index contributed by atoms with van der Waals surface area (Å²) >= 11 is 0. The predicted molar refractivity (Wildman–Crippen MR) is 63.7 cm³/mol. The Morgan fingerprint density at radius 3 is 2.40 bits per heavy atom. The highest BCUT2D eigenvalue weighted by atomic mass is 16.1. The molecule has 0 aliphatic heterocycles. The number of carbonyl (C=O) groups is 1. The van der Waals surface area contributed by atoms with Gasteiger partial charge in [-0.2, -0.15) is 0 Å². The summed E-state index contributed by atoms with van der Waals surface area (Å²) in [7, 11) is 1.67. The van der Waals surface area contributed by atoms with Crippen molar-refractivity contribution in [2.24, 2.45) is 5.73 Å². The fourth-order valence-electron chi connectivity index (χ4n) is 1.67. The molecule has 0 aromatic rings. The molecule has 0 aliphatic carbocycles. The van der Waals surface area contributed by atoms with Crippen LogP contribution < -0.4 is 11.1 Å². The van der Waals surface area contributed by atoms with Crippen LogP contribution in [-0.2, 0) is 4.79 Å². The number of nitrogens with two attached hydrogens (primary N) is 1. The summed E-state index contributed by atoms with van der Waals surface area (Å²) in [5.74, 6) is 0.0870. The fraction of sp³-hybridized carbons (Fsp3) is 0.909. The third-order valence-corrected chi connectivity index (χ3v) is 3.23. The van der Waals surface area contributed by atoms with Crippen molar-refractivity contribution in [3.8, 4) is 0 Å². The van der Waals surface area contributed by atoms with Crippen LogP contribution in [0.4, 0.5) is 0 Å². The normalized spacial score (nSPS) is 15.1. The van der Waals surface area contributed by atoms with E-state index in [0.29, 0.717) is 13.0 Å². The van der Waals surface area contributed by atoms with Gasteiger partial charge in [-0.15, -0.1) is 0 Å². The van der Waals surface area contributed by atoms with E-state index in [9.17, 15) is 4.79 Å². The Balaban J connectivity index is 4.28. The van der Waals surface area contributed by atoms with Crippen molar-refractivity contribution in [2.45, 2.75) is 39.2 Å². The number of rotatable bonds is 7. The largest absolute Gasteiger partial charge is 0.359 e. The van der Waals surface area contributed by atoms with E-state index in [1.165, 1.54) is 0 Å². The first-order valence-corrected chi connectivity index (χ1v) is 5.69. The summed E-state index contributed by atoms with van der Waals surface area (Å²) in [4.78, 5) is 13.4. The Bertz CT molecular complexity index is 190. The monoisotopic (exact) mass is 215 g/mol. The van der Waals surface area contributed by atoms with Crippen LogP contribution in [0.2, 0.25) is 0 Å².